The van der Waals surface area contributed by atoms with Crippen LogP contribution in [0.5, 0.6) is 5.75 Å². The molecule has 2 aromatic heterocycles. The van der Waals surface area contributed by atoms with Gasteiger partial charge in [0.15, 0.2) is 5.76 Å². The second-order valence-electron chi connectivity index (χ2n) is 6.53. The fourth-order valence-electron chi connectivity index (χ4n) is 2.58. The third-order valence-electron chi connectivity index (χ3n) is 3.73. The van der Waals surface area contributed by atoms with Gasteiger partial charge in [0.2, 0.25) is 0 Å². The highest BCUT2D eigenvalue weighted by Gasteiger charge is 2.20. The van der Waals surface area contributed by atoms with Crippen LogP contribution in [0.15, 0.2) is 52.5 Å². The Kier molecular flexibility index (Phi) is 6.53. The Morgan fingerprint density at radius 3 is 2.74 bits per heavy atom. The molecule has 0 aliphatic rings. The van der Waals surface area contributed by atoms with Crippen molar-refractivity contribution in [2.75, 3.05) is 6.54 Å². The van der Waals surface area contributed by atoms with Crippen LogP contribution in [-0.2, 0) is 13.2 Å². The number of hydrogen-bond acceptors (Lipinski definition) is 5. The van der Waals surface area contributed by atoms with Crippen LogP contribution in [0.25, 0.3) is 0 Å². The maximum atomic E-state index is 12.7. The van der Waals surface area contributed by atoms with Gasteiger partial charge in [-0.2, -0.15) is 0 Å². The molecule has 0 fully saturated rings. The summed E-state index contributed by atoms with van der Waals surface area (Å²) in [4.78, 5) is 19.0. The van der Waals surface area contributed by atoms with Gasteiger partial charge < -0.3 is 14.1 Å². The molecule has 0 N–H and O–H groups in total. The van der Waals surface area contributed by atoms with Crippen molar-refractivity contribution in [1.82, 2.24) is 9.88 Å². The number of carbonyl (C=O) groups excluding carboxylic acids is 1. The first-order valence-electron chi connectivity index (χ1n) is 8.65. The second kappa shape index (κ2) is 9.06. The highest BCUT2D eigenvalue weighted by Crippen LogP contribution is 2.19. The Morgan fingerprint density at radius 2 is 2.07 bits per heavy atom. The van der Waals surface area contributed by atoms with Crippen molar-refractivity contribution in [2.24, 2.45) is 5.92 Å². The van der Waals surface area contributed by atoms with E-state index < -0.39 is 0 Å². The van der Waals surface area contributed by atoms with Crippen LogP contribution in [-0.4, -0.2) is 22.3 Å². The van der Waals surface area contributed by atoms with E-state index in [1.54, 1.807) is 29.2 Å². The van der Waals surface area contributed by atoms with Gasteiger partial charge >= 0.3 is 0 Å². The summed E-state index contributed by atoms with van der Waals surface area (Å²) in [5.41, 5.74) is 0.843. The quantitative estimate of drug-likeness (QED) is 0.513. The van der Waals surface area contributed by atoms with Gasteiger partial charge in [0.05, 0.1) is 18.5 Å². The Labute approximate surface area is 167 Å². The Balaban J connectivity index is 1.63. The lowest BCUT2D eigenvalue weighted by atomic mass is 10.2. The summed E-state index contributed by atoms with van der Waals surface area (Å²) in [5, 5.41) is 3.49. The predicted molar refractivity (Wildman–Crippen MR) is 106 cm³/mol. The predicted octanol–water partition coefficient (Wildman–Crippen LogP) is 5.27. The minimum absolute atomic E-state index is 0.124. The zero-order valence-corrected chi connectivity index (χ0v) is 16.8. The first-order chi connectivity index (χ1) is 13.0. The second-order valence-corrected chi connectivity index (χ2v) is 7.91. The average molecular weight is 405 g/mol. The number of furan rings is 1. The van der Waals surface area contributed by atoms with E-state index in [-0.39, 0.29) is 5.91 Å². The van der Waals surface area contributed by atoms with E-state index in [1.807, 2.05) is 17.5 Å². The Morgan fingerprint density at radius 1 is 1.30 bits per heavy atom. The molecule has 0 unspecified atom stereocenters. The molecular weight excluding hydrogens is 384 g/mol. The number of hydrogen-bond donors (Lipinski definition) is 0. The van der Waals surface area contributed by atoms with Gasteiger partial charge in [0, 0.05) is 16.9 Å². The summed E-state index contributed by atoms with van der Waals surface area (Å²) in [5.74, 6) is 1.30. The molecular formula is C20H21ClN2O3S. The van der Waals surface area contributed by atoms with Crippen molar-refractivity contribution < 1.29 is 13.9 Å². The molecule has 142 valence electrons. The normalized spacial score (nSPS) is 11.0. The number of ether oxygens (including phenoxy) is 1. The van der Waals surface area contributed by atoms with Crippen LogP contribution >= 0.6 is 22.9 Å². The standard InChI is InChI=1S/C20H21ClN2O3S/c1-14(2)10-23(20(24)18-4-3-9-25-18)11-16-13-27-19(22-16)12-26-17-7-5-15(21)6-8-17/h3-9,13-14H,10-12H2,1-2H3. The lowest BCUT2D eigenvalue weighted by Gasteiger charge is -2.22. The lowest BCUT2D eigenvalue weighted by Crippen LogP contribution is -2.33. The van der Waals surface area contributed by atoms with Gasteiger partial charge in [0.1, 0.15) is 17.4 Å². The lowest BCUT2D eigenvalue weighted by molar-refractivity contribution is 0.0688. The zero-order valence-electron chi connectivity index (χ0n) is 15.2. The zero-order chi connectivity index (χ0) is 19.2. The highest BCUT2D eigenvalue weighted by atomic mass is 35.5. The summed E-state index contributed by atoms with van der Waals surface area (Å²) >= 11 is 7.39. The van der Waals surface area contributed by atoms with Gasteiger partial charge in [0.25, 0.3) is 5.91 Å². The summed E-state index contributed by atoms with van der Waals surface area (Å²) in [6.07, 6.45) is 1.51. The van der Waals surface area contributed by atoms with Crippen LogP contribution in [0.3, 0.4) is 0 Å². The van der Waals surface area contributed by atoms with Crippen molar-refractivity contribution >= 4 is 28.8 Å². The molecule has 0 saturated carbocycles. The smallest absolute Gasteiger partial charge is 0.289 e. The fraction of sp³-hybridized carbons (Fsp3) is 0.300. The van der Waals surface area contributed by atoms with E-state index in [9.17, 15) is 4.79 Å². The molecule has 3 rings (SSSR count). The maximum absolute atomic E-state index is 12.7. The minimum atomic E-state index is -0.124. The largest absolute Gasteiger partial charge is 0.486 e. The van der Waals surface area contributed by atoms with Crippen molar-refractivity contribution in [2.45, 2.75) is 27.0 Å². The van der Waals surface area contributed by atoms with Crippen LogP contribution in [0.1, 0.15) is 35.1 Å². The summed E-state index contributed by atoms with van der Waals surface area (Å²) < 4.78 is 11.0. The molecule has 27 heavy (non-hydrogen) atoms. The third kappa shape index (κ3) is 5.58. The van der Waals surface area contributed by atoms with Gasteiger partial charge in [-0.05, 0) is 42.3 Å². The van der Waals surface area contributed by atoms with Crippen molar-refractivity contribution in [3.63, 3.8) is 0 Å². The molecule has 0 aliphatic carbocycles. The molecule has 1 amide bonds. The molecule has 1 aromatic carbocycles. The molecule has 0 saturated heterocycles. The van der Waals surface area contributed by atoms with Gasteiger partial charge in [-0.3, -0.25) is 4.79 Å². The molecule has 0 spiro atoms. The van der Waals surface area contributed by atoms with Crippen molar-refractivity contribution in [3.8, 4) is 5.75 Å². The first kappa shape index (κ1) is 19.5. The number of aromatic nitrogens is 1. The number of halogens is 1. The van der Waals surface area contributed by atoms with Crippen molar-refractivity contribution in [1.29, 1.82) is 0 Å². The highest BCUT2D eigenvalue weighted by molar-refractivity contribution is 7.09. The molecule has 5 nitrogen and oxygen atoms in total. The van der Waals surface area contributed by atoms with E-state index in [1.165, 1.54) is 17.6 Å². The summed E-state index contributed by atoms with van der Waals surface area (Å²) in [6.45, 7) is 5.61. The monoisotopic (exact) mass is 404 g/mol. The van der Waals surface area contributed by atoms with Crippen LogP contribution in [0.2, 0.25) is 5.02 Å². The number of carbonyl (C=O) groups is 1. The fourth-order valence-corrected chi connectivity index (χ4v) is 3.40. The van der Waals surface area contributed by atoms with E-state index in [0.29, 0.717) is 36.4 Å². The maximum Gasteiger partial charge on any atom is 0.289 e. The molecule has 3 aromatic rings. The molecule has 0 atom stereocenters. The number of amides is 1. The third-order valence-corrected chi connectivity index (χ3v) is 4.86. The topological polar surface area (TPSA) is 55.6 Å². The Hall–Kier alpha value is -2.31. The first-order valence-corrected chi connectivity index (χ1v) is 9.91. The Bertz CT molecular complexity index is 860. The SMILES string of the molecule is CC(C)CN(Cc1csc(COc2ccc(Cl)cc2)n1)C(=O)c1ccco1. The molecule has 0 radical (unpaired) electrons. The van der Waals surface area contributed by atoms with E-state index >= 15 is 0 Å². The molecule has 0 aliphatic heterocycles. The van der Waals surface area contributed by atoms with Gasteiger partial charge in [-0.15, -0.1) is 11.3 Å². The van der Waals surface area contributed by atoms with Crippen LogP contribution in [0.4, 0.5) is 0 Å². The number of benzene rings is 1. The molecule has 0 bridgehead atoms. The summed E-state index contributed by atoms with van der Waals surface area (Å²) in [7, 11) is 0. The minimum Gasteiger partial charge on any atom is -0.486 e. The van der Waals surface area contributed by atoms with Crippen LogP contribution < -0.4 is 4.74 Å². The number of rotatable bonds is 8. The number of nitrogens with zero attached hydrogens (tertiary/aromatic N) is 2. The van der Waals surface area contributed by atoms with Crippen LogP contribution in [0, 0.1) is 5.92 Å². The van der Waals surface area contributed by atoms with E-state index in [0.717, 1.165) is 16.5 Å². The van der Waals surface area contributed by atoms with Crippen molar-refractivity contribution in [3.05, 3.63) is 69.5 Å². The number of thiazole rings is 1. The van der Waals surface area contributed by atoms with E-state index in [2.05, 4.69) is 18.8 Å². The summed E-state index contributed by atoms with van der Waals surface area (Å²) in [6, 6.07) is 10.6. The molecule has 2 heterocycles. The van der Waals surface area contributed by atoms with E-state index in [4.69, 9.17) is 20.8 Å². The van der Waals surface area contributed by atoms with Gasteiger partial charge in [-0.1, -0.05) is 25.4 Å². The molecule has 7 heteroatoms. The van der Waals surface area contributed by atoms with Gasteiger partial charge in [-0.25, -0.2) is 4.98 Å². The average Bonchev–Trinajstić information content (AvgIpc) is 3.32.